The molecule has 4 aliphatic rings. The number of ether oxygens (including phenoxy) is 3. The molecule has 0 aliphatic heterocycles. The number of hydrogen-bond acceptors (Lipinski definition) is 8. The van der Waals surface area contributed by atoms with Crippen LogP contribution in [0, 0.1) is 52.3 Å². The van der Waals surface area contributed by atoms with Gasteiger partial charge in [0, 0.05) is 24.2 Å². The van der Waals surface area contributed by atoms with Crippen LogP contribution in [0.1, 0.15) is 136 Å². The zero-order chi connectivity index (χ0) is 39.4. The van der Waals surface area contributed by atoms with E-state index in [0.717, 1.165) is 105 Å². The summed E-state index contributed by atoms with van der Waals surface area (Å²) in [4.78, 5) is 0. The molecule has 5 rings (SSSR count). The number of benzene rings is 1. The highest BCUT2D eigenvalue weighted by molar-refractivity contribution is 5.50. The molecule has 0 aromatic heterocycles. The van der Waals surface area contributed by atoms with Crippen molar-refractivity contribution in [2.75, 3.05) is 60.6 Å². The van der Waals surface area contributed by atoms with Crippen molar-refractivity contribution in [3.63, 3.8) is 0 Å². The molecule has 8 nitrogen and oxygen atoms in total. The van der Waals surface area contributed by atoms with Crippen molar-refractivity contribution in [2.24, 2.45) is 52.3 Å². The maximum Gasteiger partial charge on any atom is 0.164 e. The minimum Gasteiger partial charge on any atom is -0.496 e. The zero-order valence-electron chi connectivity index (χ0n) is 36.6. The number of rotatable bonds is 24. The van der Waals surface area contributed by atoms with Crippen LogP contribution in [0.15, 0.2) is 12.1 Å². The molecule has 4 aliphatic carbocycles. The van der Waals surface area contributed by atoms with E-state index in [-0.39, 0.29) is 6.10 Å². The maximum absolute atomic E-state index is 11.9. The second-order valence-corrected chi connectivity index (χ2v) is 19.4. The van der Waals surface area contributed by atoms with E-state index in [4.69, 9.17) is 14.2 Å². The largest absolute Gasteiger partial charge is 0.496 e. The van der Waals surface area contributed by atoms with E-state index in [1.165, 1.54) is 83.5 Å². The standard InChI is InChI=1S/C47H84N4O4/c1-33(2)14-11-15-34(3)38-16-17-39-45-40(19-21-47(38,39)5)46(4)20-18-37(29-36(46)30-41(45)52)51-27-13-25-49-23-10-9-22-48-24-12-26-50-32-35-28-43(54-7)44(55-8)31-42(35)53-6/h28,31,33-34,36-41,45,48-52H,9-27,29-30,32H2,1-8H3/t34-,36?,37-,38?,39?,40?,41-,45?,46-,47+/m0/s1. The van der Waals surface area contributed by atoms with E-state index in [1.54, 1.807) is 21.3 Å². The Morgan fingerprint density at radius 2 is 1.29 bits per heavy atom. The van der Waals surface area contributed by atoms with E-state index < -0.39 is 0 Å². The van der Waals surface area contributed by atoms with Crippen LogP contribution in [-0.4, -0.2) is 77.9 Å². The van der Waals surface area contributed by atoms with Gasteiger partial charge in [-0.05, 0) is 175 Å². The molecule has 4 saturated carbocycles. The lowest BCUT2D eigenvalue weighted by atomic mass is 9.43. The highest BCUT2D eigenvalue weighted by atomic mass is 16.5. The smallest absolute Gasteiger partial charge is 0.164 e. The van der Waals surface area contributed by atoms with E-state index in [2.05, 4.69) is 55.9 Å². The van der Waals surface area contributed by atoms with Crippen LogP contribution in [0.25, 0.3) is 0 Å². The molecule has 10 atom stereocenters. The fraction of sp³-hybridized carbons (Fsp3) is 0.872. The van der Waals surface area contributed by atoms with Gasteiger partial charge in [0.25, 0.3) is 0 Å². The highest BCUT2D eigenvalue weighted by Gasteiger charge is 2.62. The number of unbranched alkanes of at least 4 members (excludes halogenated alkanes) is 1. The lowest BCUT2D eigenvalue weighted by Gasteiger charge is -2.62. The first-order valence-electron chi connectivity index (χ1n) is 22.9. The molecule has 0 radical (unpaired) electrons. The van der Waals surface area contributed by atoms with Gasteiger partial charge in [-0.25, -0.2) is 0 Å². The summed E-state index contributed by atoms with van der Waals surface area (Å²) in [5.41, 5.74) is 1.92. The zero-order valence-corrected chi connectivity index (χ0v) is 36.6. The summed E-state index contributed by atoms with van der Waals surface area (Å²) in [5, 5.41) is 26.6. The molecule has 8 heteroatoms. The van der Waals surface area contributed by atoms with E-state index in [0.29, 0.717) is 34.5 Å². The number of nitrogens with one attached hydrogen (secondary N) is 4. The third-order valence-electron chi connectivity index (χ3n) is 15.6. The predicted molar refractivity (Wildman–Crippen MR) is 228 cm³/mol. The van der Waals surface area contributed by atoms with Crippen LogP contribution in [0.4, 0.5) is 0 Å². The topological polar surface area (TPSA) is 96.0 Å². The first-order valence-corrected chi connectivity index (χ1v) is 22.9. The lowest BCUT2D eigenvalue weighted by molar-refractivity contribution is -0.167. The minimum atomic E-state index is -0.0934. The Kier molecular flexibility index (Phi) is 17.3. The van der Waals surface area contributed by atoms with E-state index in [9.17, 15) is 5.11 Å². The van der Waals surface area contributed by atoms with Crippen molar-refractivity contribution in [3.8, 4) is 17.2 Å². The van der Waals surface area contributed by atoms with Gasteiger partial charge in [0.1, 0.15) is 5.75 Å². The summed E-state index contributed by atoms with van der Waals surface area (Å²) in [6.45, 7) is 19.7. The van der Waals surface area contributed by atoms with Crippen molar-refractivity contribution in [1.82, 2.24) is 21.3 Å². The second-order valence-electron chi connectivity index (χ2n) is 19.4. The SMILES string of the molecule is COc1cc(OC)c(OC)cc1CNCCCNCCCCNCCCN[C@H]1CC[C@@]2(C)C(C1)C[C@H](O)C1C2CC[C@@]2(C)C1CCC2[C@@H](C)CCCC(C)C. The number of hydrogen-bond donors (Lipinski definition) is 5. The summed E-state index contributed by atoms with van der Waals surface area (Å²) < 4.78 is 16.4. The maximum atomic E-state index is 11.9. The van der Waals surface area contributed by atoms with Crippen LogP contribution in [0.2, 0.25) is 0 Å². The molecule has 0 spiro atoms. The molecule has 55 heavy (non-hydrogen) atoms. The van der Waals surface area contributed by atoms with E-state index in [1.807, 2.05) is 12.1 Å². The number of methoxy groups -OCH3 is 3. The van der Waals surface area contributed by atoms with Crippen LogP contribution in [0.5, 0.6) is 17.2 Å². The third-order valence-corrected chi connectivity index (χ3v) is 15.6. The summed E-state index contributed by atoms with van der Waals surface area (Å²) in [7, 11) is 4.99. The van der Waals surface area contributed by atoms with Gasteiger partial charge in [-0.1, -0.05) is 53.9 Å². The molecule has 0 heterocycles. The molecule has 0 bridgehead atoms. The lowest BCUT2D eigenvalue weighted by Crippen LogP contribution is -2.59. The van der Waals surface area contributed by atoms with Crippen molar-refractivity contribution < 1.29 is 19.3 Å². The Balaban J connectivity index is 0.899. The second kappa shape index (κ2) is 21.4. The number of aliphatic hydroxyl groups excluding tert-OH is 1. The van der Waals surface area contributed by atoms with Gasteiger partial charge < -0.3 is 40.6 Å². The summed E-state index contributed by atoms with van der Waals surface area (Å²) in [6.07, 6.45) is 19.2. The first-order chi connectivity index (χ1) is 26.5. The van der Waals surface area contributed by atoms with E-state index >= 15 is 0 Å². The van der Waals surface area contributed by atoms with Gasteiger partial charge in [-0.3, -0.25) is 0 Å². The summed E-state index contributed by atoms with van der Waals surface area (Å²) >= 11 is 0. The molecule has 4 fully saturated rings. The Bertz CT molecular complexity index is 1280. The normalized spacial score (nSPS) is 32.1. The molecule has 5 N–H and O–H groups in total. The average molecular weight is 769 g/mol. The van der Waals surface area contributed by atoms with Gasteiger partial charge in [-0.2, -0.15) is 0 Å². The molecule has 0 saturated heterocycles. The van der Waals surface area contributed by atoms with Gasteiger partial charge in [0.2, 0.25) is 0 Å². The Hall–Kier alpha value is -1.58. The van der Waals surface area contributed by atoms with Crippen molar-refractivity contribution in [1.29, 1.82) is 0 Å². The van der Waals surface area contributed by atoms with Gasteiger partial charge in [-0.15, -0.1) is 0 Å². The molecular weight excluding hydrogens is 685 g/mol. The molecule has 316 valence electrons. The molecule has 1 aromatic rings. The third kappa shape index (κ3) is 11.1. The quantitative estimate of drug-likeness (QED) is 0.0668. The molecule has 1 aromatic carbocycles. The summed E-state index contributed by atoms with van der Waals surface area (Å²) in [6, 6.07) is 4.49. The first kappa shape index (κ1) is 44.5. The van der Waals surface area contributed by atoms with Gasteiger partial charge in [0.05, 0.1) is 27.4 Å². The van der Waals surface area contributed by atoms with Crippen LogP contribution < -0.4 is 35.5 Å². The number of aliphatic hydroxyl groups is 1. The fourth-order valence-corrected chi connectivity index (χ4v) is 12.5. The molecule has 5 unspecified atom stereocenters. The fourth-order valence-electron chi connectivity index (χ4n) is 12.5. The number of fused-ring (bicyclic) bond motifs is 5. The average Bonchev–Trinajstić information content (AvgIpc) is 3.53. The van der Waals surface area contributed by atoms with Gasteiger partial charge in [0.15, 0.2) is 11.5 Å². The van der Waals surface area contributed by atoms with Crippen LogP contribution in [-0.2, 0) is 6.54 Å². The van der Waals surface area contributed by atoms with Crippen molar-refractivity contribution in [3.05, 3.63) is 17.7 Å². The van der Waals surface area contributed by atoms with Gasteiger partial charge >= 0.3 is 0 Å². The Morgan fingerprint density at radius 3 is 1.98 bits per heavy atom. The van der Waals surface area contributed by atoms with Crippen LogP contribution in [0.3, 0.4) is 0 Å². The molecule has 0 amide bonds. The van der Waals surface area contributed by atoms with Crippen molar-refractivity contribution in [2.45, 2.75) is 150 Å². The Morgan fingerprint density at radius 1 is 0.673 bits per heavy atom. The Labute approximate surface area is 337 Å². The van der Waals surface area contributed by atoms with Crippen molar-refractivity contribution >= 4 is 0 Å². The van der Waals surface area contributed by atoms with Crippen LogP contribution >= 0.6 is 0 Å². The monoisotopic (exact) mass is 769 g/mol. The highest BCUT2D eigenvalue weighted by Crippen LogP contribution is 2.68. The minimum absolute atomic E-state index is 0.0934. The summed E-state index contributed by atoms with van der Waals surface area (Å²) in [5.74, 6) is 7.37. The molecular formula is C47H84N4O4. The predicted octanol–water partition coefficient (Wildman–Crippen LogP) is 8.59.